The van der Waals surface area contributed by atoms with E-state index in [4.69, 9.17) is 0 Å². The molecule has 0 aliphatic carbocycles. The number of Topliss-reactive ketones (excluding diaryl/α,β-unsaturated/α-hetero) is 1. The van der Waals surface area contributed by atoms with Crippen LogP contribution < -0.4 is 0 Å². The average molecular weight is 575 g/mol. The van der Waals surface area contributed by atoms with E-state index in [2.05, 4.69) is 18.8 Å². The minimum Gasteiger partial charge on any atom is -0.342 e. The van der Waals surface area contributed by atoms with Gasteiger partial charge in [0.15, 0.2) is 11.8 Å². The lowest BCUT2D eigenvalue weighted by atomic mass is 10.0. The van der Waals surface area contributed by atoms with E-state index in [1.807, 2.05) is 11.8 Å². The van der Waals surface area contributed by atoms with E-state index in [-0.39, 0.29) is 11.7 Å². The van der Waals surface area contributed by atoms with Gasteiger partial charge in [0.2, 0.25) is 0 Å². The first kappa shape index (κ1) is 37.8. The molecule has 0 saturated carbocycles. The molecule has 1 aliphatic heterocycles. The maximum atomic E-state index is 12.9. The monoisotopic (exact) mass is 575 g/mol. The predicted molar refractivity (Wildman–Crippen MR) is 179 cm³/mol. The molecular weight excluding hydrogens is 504 g/mol. The lowest BCUT2D eigenvalue weighted by molar-refractivity contribution is -0.131. The number of carbonyl (C=O) groups is 2. The Morgan fingerprint density at radius 3 is 1.24 bits per heavy atom. The molecule has 0 aromatic heterocycles. The van der Waals surface area contributed by atoms with Crippen LogP contribution in [-0.4, -0.2) is 35.0 Å². The summed E-state index contributed by atoms with van der Waals surface area (Å²) >= 11 is 0. The van der Waals surface area contributed by atoms with Crippen LogP contribution in [0.3, 0.4) is 0 Å². The van der Waals surface area contributed by atoms with E-state index in [0.29, 0.717) is 13.0 Å². The fraction of sp³-hybridized carbons (Fsp3) is 0.919. The first-order chi connectivity index (χ1) is 20.2. The number of amidine groups is 1. The summed E-state index contributed by atoms with van der Waals surface area (Å²) in [5.41, 5.74) is 0. The van der Waals surface area contributed by atoms with E-state index >= 15 is 0 Å². The fourth-order valence-corrected chi connectivity index (χ4v) is 6.34. The van der Waals surface area contributed by atoms with Gasteiger partial charge in [-0.2, -0.15) is 4.99 Å². The van der Waals surface area contributed by atoms with E-state index in [0.717, 1.165) is 31.5 Å². The molecule has 240 valence electrons. The molecule has 0 aromatic carbocycles. The second-order valence-electron chi connectivity index (χ2n) is 12.9. The van der Waals surface area contributed by atoms with Gasteiger partial charge in [0.1, 0.15) is 5.84 Å². The molecule has 4 nitrogen and oxygen atoms in total. The highest BCUT2D eigenvalue weighted by Crippen LogP contribution is 2.21. The van der Waals surface area contributed by atoms with Crippen molar-refractivity contribution in [1.82, 2.24) is 4.90 Å². The van der Waals surface area contributed by atoms with Gasteiger partial charge < -0.3 is 4.90 Å². The normalized spacial score (nSPS) is 15.2. The van der Waals surface area contributed by atoms with Crippen LogP contribution in [0.1, 0.15) is 207 Å². The zero-order chi connectivity index (χ0) is 29.8. The maximum Gasteiger partial charge on any atom is 0.277 e. The summed E-state index contributed by atoms with van der Waals surface area (Å²) in [4.78, 5) is 31.9. The first-order valence-electron chi connectivity index (χ1n) is 18.6. The van der Waals surface area contributed by atoms with E-state index in [9.17, 15) is 9.59 Å². The van der Waals surface area contributed by atoms with Crippen LogP contribution in [0.2, 0.25) is 0 Å². The first-order valence-corrected chi connectivity index (χ1v) is 18.6. The molecule has 0 fully saturated rings. The number of amides is 1. The van der Waals surface area contributed by atoms with Crippen molar-refractivity contribution in [1.29, 1.82) is 0 Å². The van der Waals surface area contributed by atoms with Crippen molar-refractivity contribution >= 4 is 17.5 Å². The Bertz CT molecular complexity index is 659. The zero-order valence-corrected chi connectivity index (χ0v) is 28.0. The maximum absolute atomic E-state index is 12.9. The number of hydrogen-bond donors (Lipinski definition) is 0. The van der Waals surface area contributed by atoms with Gasteiger partial charge in [-0.15, -0.1) is 0 Å². The Morgan fingerprint density at radius 1 is 0.537 bits per heavy atom. The highest BCUT2D eigenvalue weighted by Gasteiger charge is 2.38. The Balaban J connectivity index is 2.03. The molecule has 1 unspecified atom stereocenters. The molecule has 1 heterocycles. The third kappa shape index (κ3) is 19.6. The molecule has 4 heteroatoms. The quantitative estimate of drug-likeness (QED) is 0.0611. The molecule has 1 atom stereocenters. The molecule has 0 N–H and O–H groups in total. The lowest BCUT2D eigenvalue weighted by Gasteiger charge is -2.24. The Morgan fingerprint density at radius 2 is 0.878 bits per heavy atom. The SMILES string of the molecule is CCCCCCCCCCCCCCCCCC(=O)C1C(=O)N=C(CCCCCCCCCCCCCC)N1CC. The summed E-state index contributed by atoms with van der Waals surface area (Å²) in [5.74, 6) is 0.728. The number of unbranched alkanes of at least 4 members (excludes halogenated alkanes) is 25. The number of rotatable bonds is 31. The number of ketones is 1. The Labute approximate surface area is 256 Å². The summed E-state index contributed by atoms with van der Waals surface area (Å²) in [6, 6.07) is -0.640. The van der Waals surface area contributed by atoms with Crippen LogP contribution in [0.4, 0.5) is 0 Å². The van der Waals surface area contributed by atoms with Gasteiger partial charge in [0.25, 0.3) is 5.91 Å². The van der Waals surface area contributed by atoms with Crippen molar-refractivity contribution < 1.29 is 9.59 Å². The fourth-order valence-electron chi connectivity index (χ4n) is 6.34. The molecule has 0 saturated heterocycles. The molecule has 1 amide bonds. The van der Waals surface area contributed by atoms with Crippen LogP contribution in [0.25, 0.3) is 0 Å². The van der Waals surface area contributed by atoms with E-state index < -0.39 is 6.04 Å². The van der Waals surface area contributed by atoms with E-state index in [1.165, 1.54) is 154 Å². The van der Waals surface area contributed by atoms with Crippen molar-refractivity contribution in [3.8, 4) is 0 Å². The molecular formula is C37H70N2O2. The third-order valence-corrected chi connectivity index (χ3v) is 9.04. The molecule has 0 spiro atoms. The standard InChI is InChI=1S/C37H70N2O2/c1-4-7-9-11-13-15-17-19-20-21-22-24-26-28-30-32-34(40)36-37(41)38-35(39(36)6-3)33-31-29-27-25-23-18-16-14-12-10-8-5-2/h36H,4-33H2,1-3H3. The van der Waals surface area contributed by atoms with Crippen LogP contribution in [0.15, 0.2) is 4.99 Å². The van der Waals surface area contributed by atoms with Crippen molar-refractivity contribution in [3.63, 3.8) is 0 Å². The van der Waals surface area contributed by atoms with Gasteiger partial charge in [-0.05, 0) is 19.8 Å². The topological polar surface area (TPSA) is 49.7 Å². The highest BCUT2D eigenvalue weighted by molar-refractivity contribution is 6.15. The van der Waals surface area contributed by atoms with Gasteiger partial charge in [-0.1, -0.05) is 174 Å². The van der Waals surface area contributed by atoms with Gasteiger partial charge in [0.05, 0.1) is 0 Å². The molecule has 1 aliphatic rings. The number of aliphatic imine (C=N–C) groups is 1. The van der Waals surface area contributed by atoms with Crippen LogP contribution in [0, 0.1) is 0 Å². The lowest BCUT2D eigenvalue weighted by Crippen LogP contribution is -2.43. The second kappa shape index (κ2) is 27.6. The van der Waals surface area contributed by atoms with Gasteiger partial charge in [-0.25, -0.2) is 0 Å². The minimum atomic E-state index is -0.640. The predicted octanol–water partition coefficient (Wildman–Crippen LogP) is 11.5. The number of carbonyl (C=O) groups excluding carboxylic acids is 2. The molecule has 41 heavy (non-hydrogen) atoms. The molecule has 0 aromatic rings. The van der Waals surface area contributed by atoms with Crippen LogP contribution in [0.5, 0.6) is 0 Å². The molecule has 1 rings (SSSR count). The zero-order valence-electron chi connectivity index (χ0n) is 28.0. The molecule has 0 bridgehead atoms. The van der Waals surface area contributed by atoms with Crippen molar-refractivity contribution in [3.05, 3.63) is 0 Å². The summed E-state index contributed by atoms with van der Waals surface area (Å²) in [5, 5.41) is 0. The van der Waals surface area contributed by atoms with Crippen LogP contribution in [-0.2, 0) is 9.59 Å². The largest absolute Gasteiger partial charge is 0.342 e. The second-order valence-corrected chi connectivity index (χ2v) is 12.9. The molecule has 0 radical (unpaired) electrons. The summed E-state index contributed by atoms with van der Waals surface area (Å²) in [6.45, 7) is 7.29. The van der Waals surface area contributed by atoms with Crippen molar-refractivity contribution in [2.75, 3.05) is 6.54 Å². The third-order valence-electron chi connectivity index (χ3n) is 9.04. The van der Waals surface area contributed by atoms with Gasteiger partial charge in [-0.3, -0.25) is 9.59 Å². The summed E-state index contributed by atoms with van der Waals surface area (Å²) in [7, 11) is 0. The van der Waals surface area contributed by atoms with Gasteiger partial charge >= 0.3 is 0 Å². The summed E-state index contributed by atoms with van der Waals surface area (Å²) in [6.07, 6.45) is 37.1. The van der Waals surface area contributed by atoms with Crippen LogP contribution >= 0.6 is 0 Å². The Kier molecular flexibility index (Phi) is 25.5. The van der Waals surface area contributed by atoms with Crippen molar-refractivity contribution in [2.24, 2.45) is 4.99 Å². The minimum absolute atomic E-state index is 0.0833. The Hall–Kier alpha value is -1.19. The van der Waals surface area contributed by atoms with E-state index in [1.54, 1.807) is 0 Å². The number of nitrogens with zero attached hydrogens (tertiary/aromatic N) is 2. The van der Waals surface area contributed by atoms with Crippen molar-refractivity contribution in [2.45, 2.75) is 213 Å². The van der Waals surface area contributed by atoms with Gasteiger partial charge in [0, 0.05) is 19.4 Å². The average Bonchev–Trinajstić information content (AvgIpc) is 3.30. The summed E-state index contributed by atoms with van der Waals surface area (Å²) < 4.78 is 0. The number of likely N-dealkylation sites (N-methyl/N-ethyl adjacent to an activating group) is 1. The highest BCUT2D eigenvalue weighted by atomic mass is 16.2. The number of hydrogen-bond acceptors (Lipinski definition) is 3. The smallest absolute Gasteiger partial charge is 0.277 e.